The second-order valence-electron chi connectivity index (χ2n) is 2.58. The first-order valence-corrected chi connectivity index (χ1v) is 3.59. The van der Waals surface area contributed by atoms with Gasteiger partial charge in [-0.25, -0.2) is 4.39 Å². The Kier molecular flexibility index (Phi) is 2.66. The second-order valence-corrected chi connectivity index (χ2v) is 2.58. The van der Waals surface area contributed by atoms with Crippen LogP contribution in [0.3, 0.4) is 0 Å². The van der Waals surface area contributed by atoms with Crippen molar-refractivity contribution in [3.8, 4) is 0 Å². The molecule has 0 aromatic rings. The molecule has 0 saturated carbocycles. The molecule has 0 radical (unpaired) electrons. The zero-order valence-electron chi connectivity index (χ0n) is 6.51. The molecule has 1 aliphatic heterocycles. The van der Waals surface area contributed by atoms with Crippen LogP contribution in [0.4, 0.5) is 4.39 Å². The zero-order valence-corrected chi connectivity index (χ0v) is 6.51. The third kappa shape index (κ3) is 1.43. The Morgan fingerprint density at radius 2 is 2.17 bits per heavy atom. The van der Waals surface area contributed by atoms with Crippen molar-refractivity contribution < 1.29 is 24.4 Å². The van der Waals surface area contributed by atoms with Gasteiger partial charge in [0.05, 0.1) is 0 Å². The lowest BCUT2D eigenvalue weighted by molar-refractivity contribution is -0.102. The molecular formula is C7H11FO4. The molecular weight excluding hydrogens is 167 g/mol. The minimum absolute atomic E-state index is 0.0872. The fraction of sp³-hybridized carbons (Fsp3) is 0.714. The van der Waals surface area contributed by atoms with Gasteiger partial charge in [-0.05, 0) is 13.0 Å². The number of rotatable bonds is 1. The van der Waals surface area contributed by atoms with Gasteiger partial charge < -0.3 is 20.1 Å². The van der Waals surface area contributed by atoms with Gasteiger partial charge in [-0.2, -0.15) is 0 Å². The molecule has 4 atom stereocenters. The van der Waals surface area contributed by atoms with Crippen molar-refractivity contribution in [2.45, 2.75) is 31.6 Å². The summed E-state index contributed by atoms with van der Waals surface area (Å²) in [5.41, 5.74) is 0. The van der Waals surface area contributed by atoms with Crippen LogP contribution in [0, 0.1) is 0 Å². The quantitative estimate of drug-likeness (QED) is 0.496. The third-order valence-electron chi connectivity index (χ3n) is 1.78. The normalized spacial score (nSPS) is 41.4. The molecule has 0 spiro atoms. The second kappa shape index (κ2) is 3.38. The molecule has 70 valence electrons. The summed E-state index contributed by atoms with van der Waals surface area (Å²) in [7, 11) is 0. The Hall–Kier alpha value is -0.650. The van der Waals surface area contributed by atoms with Crippen molar-refractivity contribution in [2.75, 3.05) is 0 Å². The molecule has 1 unspecified atom stereocenters. The minimum atomic E-state index is -2.29. The Bertz CT molecular complexity index is 192. The Morgan fingerprint density at radius 1 is 1.58 bits per heavy atom. The van der Waals surface area contributed by atoms with Gasteiger partial charge in [0.2, 0.25) is 6.36 Å². The van der Waals surface area contributed by atoms with Crippen LogP contribution in [0.5, 0.6) is 0 Å². The zero-order chi connectivity index (χ0) is 9.30. The van der Waals surface area contributed by atoms with E-state index in [2.05, 4.69) is 0 Å². The molecule has 1 heterocycles. The number of aliphatic hydroxyl groups is 3. The van der Waals surface area contributed by atoms with E-state index >= 15 is 0 Å². The number of aliphatic hydroxyl groups excluding tert-OH is 3. The third-order valence-corrected chi connectivity index (χ3v) is 1.78. The molecule has 0 amide bonds. The van der Waals surface area contributed by atoms with Crippen LogP contribution in [-0.4, -0.2) is 40.0 Å². The average Bonchev–Trinajstić information content (AvgIpc) is 2.30. The summed E-state index contributed by atoms with van der Waals surface area (Å²) in [4.78, 5) is 0. The fourth-order valence-electron chi connectivity index (χ4n) is 1.10. The van der Waals surface area contributed by atoms with E-state index in [1.807, 2.05) is 0 Å². The maximum absolute atomic E-state index is 12.3. The molecule has 3 N–H and O–H groups in total. The lowest BCUT2D eigenvalue weighted by Crippen LogP contribution is -2.36. The maximum Gasteiger partial charge on any atom is 0.236 e. The molecule has 1 fully saturated rings. The molecule has 5 heteroatoms. The van der Waals surface area contributed by atoms with E-state index in [0.29, 0.717) is 0 Å². The van der Waals surface area contributed by atoms with E-state index < -0.39 is 24.7 Å². The topological polar surface area (TPSA) is 69.9 Å². The Labute approximate surface area is 68.9 Å². The molecule has 0 aromatic carbocycles. The first kappa shape index (κ1) is 9.44. The molecule has 12 heavy (non-hydrogen) atoms. The summed E-state index contributed by atoms with van der Waals surface area (Å²) in [5, 5.41) is 26.7. The first-order valence-electron chi connectivity index (χ1n) is 3.59. The summed E-state index contributed by atoms with van der Waals surface area (Å²) in [6.45, 7) is 1.58. The molecule has 0 bridgehead atoms. The standard InChI is InChI=1S/C7H11FO4/c1-2-3-4(9)5(10)6(12-3)7(8)11/h2,4-7,9-11H,1H3/b3-2-/t4-,5+,6+,7?/m1/s1. The van der Waals surface area contributed by atoms with Crippen LogP contribution in [0.15, 0.2) is 11.8 Å². The maximum atomic E-state index is 12.3. The van der Waals surface area contributed by atoms with E-state index in [1.165, 1.54) is 6.08 Å². The number of ether oxygens (including phenoxy) is 1. The van der Waals surface area contributed by atoms with E-state index in [-0.39, 0.29) is 5.76 Å². The number of alkyl halides is 1. The van der Waals surface area contributed by atoms with Crippen LogP contribution in [0.25, 0.3) is 0 Å². The van der Waals surface area contributed by atoms with Gasteiger partial charge in [0, 0.05) is 0 Å². The fourth-order valence-corrected chi connectivity index (χ4v) is 1.10. The van der Waals surface area contributed by atoms with Gasteiger partial charge in [0.25, 0.3) is 0 Å². The van der Waals surface area contributed by atoms with Crippen LogP contribution < -0.4 is 0 Å². The van der Waals surface area contributed by atoms with E-state index in [1.54, 1.807) is 6.92 Å². The van der Waals surface area contributed by atoms with Crippen molar-refractivity contribution in [1.82, 2.24) is 0 Å². The molecule has 1 aliphatic rings. The van der Waals surface area contributed by atoms with Gasteiger partial charge in [-0.3, -0.25) is 0 Å². The highest BCUT2D eigenvalue weighted by atomic mass is 19.1. The van der Waals surface area contributed by atoms with Crippen LogP contribution in [0.1, 0.15) is 6.92 Å². The number of allylic oxidation sites excluding steroid dienone is 1. The molecule has 0 aromatic heterocycles. The van der Waals surface area contributed by atoms with Crippen molar-refractivity contribution in [3.63, 3.8) is 0 Å². The minimum Gasteiger partial charge on any atom is -0.484 e. The Balaban J connectivity index is 2.74. The van der Waals surface area contributed by atoms with Crippen molar-refractivity contribution >= 4 is 0 Å². The lowest BCUT2D eigenvalue weighted by atomic mass is 10.1. The molecule has 0 aliphatic carbocycles. The van der Waals surface area contributed by atoms with Gasteiger partial charge in [0.15, 0.2) is 6.10 Å². The van der Waals surface area contributed by atoms with E-state index in [0.717, 1.165) is 0 Å². The first-order chi connectivity index (χ1) is 5.57. The largest absolute Gasteiger partial charge is 0.484 e. The number of halogens is 1. The van der Waals surface area contributed by atoms with E-state index in [9.17, 15) is 4.39 Å². The van der Waals surface area contributed by atoms with Crippen molar-refractivity contribution in [3.05, 3.63) is 11.8 Å². The summed E-state index contributed by atoms with van der Waals surface area (Å²) in [6, 6.07) is 0. The van der Waals surface area contributed by atoms with Gasteiger partial charge in [-0.1, -0.05) is 0 Å². The highest BCUT2D eigenvalue weighted by Crippen LogP contribution is 2.26. The number of hydrogen-bond donors (Lipinski definition) is 3. The predicted molar refractivity (Wildman–Crippen MR) is 37.8 cm³/mol. The summed E-state index contributed by atoms with van der Waals surface area (Å²) in [6.07, 6.45) is -4.91. The van der Waals surface area contributed by atoms with Crippen LogP contribution >= 0.6 is 0 Å². The molecule has 4 nitrogen and oxygen atoms in total. The van der Waals surface area contributed by atoms with E-state index in [4.69, 9.17) is 20.1 Å². The smallest absolute Gasteiger partial charge is 0.236 e. The number of hydrogen-bond acceptors (Lipinski definition) is 4. The van der Waals surface area contributed by atoms with Gasteiger partial charge in [0.1, 0.15) is 18.0 Å². The van der Waals surface area contributed by atoms with Gasteiger partial charge in [-0.15, -0.1) is 0 Å². The molecule has 1 saturated heterocycles. The summed E-state index contributed by atoms with van der Waals surface area (Å²) in [5.74, 6) is 0.0872. The lowest BCUT2D eigenvalue weighted by Gasteiger charge is -2.13. The monoisotopic (exact) mass is 178 g/mol. The highest BCUT2D eigenvalue weighted by molar-refractivity contribution is 5.09. The predicted octanol–water partition coefficient (Wildman–Crippen LogP) is -0.701. The summed E-state index contributed by atoms with van der Waals surface area (Å²) < 4.78 is 17.0. The molecule has 1 rings (SSSR count). The Morgan fingerprint density at radius 3 is 2.42 bits per heavy atom. The van der Waals surface area contributed by atoms with Crippen molar-refractivity contribution in [2.24, 2.45) is 0 Å². The summed E-state index contributed by atoms with van der Waals surface area (Å²) >= 11 is 0. The SMILES string of the molecule is C/C=C1\O[C@H](C(O)F)[C@@H](O)[C@@H]1O. The van der Waals surface area contributed by atoms with Crippen LogP contribution in [-0.2, 0) is 4.74 Å². The van der Waals surface area contributed by atoms with Gasteiger partial charge >= 0.3 is 0 Å². The van der Waals surface area contributed by atoms with Crippen molar-refractivity contribution in [1.29, 1.82) is 0 Å². The average molecular weight is 178 g/mol. The van der Waals surface area contributed by atoms with Crippen LogP contribution in [0.2, 0.25) is 0 Å². The highest BCUT2D eigenvalue weighted by Gasteiger charge is 2.43.